The molecular formula is C15H20ClFN4OS. The smallest absolute Gasteiger partial charge is 0.234 e. The highest BCUT2D eigenvalue weighted by atomic mass is 35.5. The predicted octanol–water partition coefficient (Wildman–Crippen LogP) is 2.42. The van der Waals surface area contributed by atoms with Gasteiger partial charge in [0.1, 0.15) is 5.82 Å². The fourth-order valence-electron chi connectivity index (χ4n) is 1.96. The normalized spacial score (nSPS) is 10.4. The van der Waals surface area contributed by atoms with Crippen LogP contribution in [-0.2, 0) is 17.9 Å². The number of nitrogen functional groups attached to an aromatic ring is 1. The molecule has 5 nitrogen and oxygen atoms in total. The van der Waals surface area contributed by atoms with Crippen molar-refractivity contribution >= 4 is 34.8 Å². The Morgan fingerprint density at radius 1 is 1.39 bits per heavy atom. The monoisotopic (exact) mass is 358 g/mol. The summed E-state index contributed by atoms with van der Waals surface area (Å²) in [5.74, 6) is -0.347. The number of thiazole rings is 1. The van der Waals surface area contributed by atoms with Crippen molar-refractivity contribution in [1.29, 1.82) is 0 Å². The van der Waals surface area contributed by atoms with E-state index in [4.69, 9.17) is 5.73 Å². The van der Waals surface area contributed by atoms with Crippen LogP contribution in [0.2, 0.25) is 0 Å². The summed E-state index contributed by atoms with van der Waals surface area (Å²) in [6.45, 7) is 4.09. The van der Waals surface area contributed by atoms with Gasteiger partial charge in [0.05, 0.1) is 6.54 Å². The minimum absolute atomic E-state index is 0. The molecule has 0 aliphatic heterocycles. The van der Waals surface area contributed by atoms with Gasteiger partial charge in [-0.25, -0.2) is 9.37 Å². The first-order valence-corrected chi connectivity index (χ1v) is 7.82. The number of nitrogens with two attached hydrogens (primary N) is 1. The highest BCUT2D eigenvalue weighted by Gasteiger charge is 2.11. The number of nitrogens with one attached hydrogen (secondary N) is 1. The number of hydrogen-bond acceptors (Lipinski definition) is 5. The number of nitrogens with zero attached hydrogens (tertiary/aromatic N) is 2. The van der Waals surface area contributed by atoms with Crippen LogP contribution in [0.3, 0.4) is 0 Å². The van der Waals surface area contributed by atoms with Crippen molar-refractivity contribution < 1.29 is 9.18 Å². The van der Waals surface area contributed by atoms with Gasteiger partial charge in [-0.05, 0) is 24.2 Å². The molecule has 0 saturated heterocycles. The van der Waals surface area contributed by atoms with Crippen LogP contribution in [0.1, 0.15) is 17.4 Å². The van der Waals surface area contributed by atoms with Gasteiger partial charge in [-0.1, -0.05) is 19.1 Å². The van der Waals surface area contributed by atoms with E-state index in [1.54, 1.807) is 18.3 Å². The lowest BCUT2D eigenvalue weighted by molar-refractivity contribution is -0.122. The van der Waals surface area contributed by atoms with Crippen molar-refractivity contribution in [3.63, 3.8) is 0 Å². The van der Waals surface area contributed by atoms with Crippen molar-refractivity contribution in [2.75, 3.05) is 18.8 Å². The second-order valence-electron chi connectivity index (χ2n) is 4.87. The summed E-state index contributed by atoms with van der Waals surface area (Å²) in [7, 11) is 0. The van der Waals surface area contributed by atoms with Gasteiger partial charge in [0, 0.05) is 24.2 Å². The number of halogens is 2. The summed E-state index contributed by atoms with van der Waals surface area (Å²) >= 11 is 1.43. The lowest BCUT2D eigenvalue weighted by Gasteiger charge is -2.18. The number of aromatic nitrogens is 1. The molecule has 1 amide bonds. The molecule has 3 N–H and O–H groups in total. The summed E-state index contributed by atoms with van der Waals surface area (Å²) in [4.78, 5) is 19.0. The van der Waals surface area contributed by atoms with Crippen molar-refractivity contribution in [1.82, 2.24) is 15.2 Å². The molecule has 0 aliphatic carbocycles. The summed E-state index contributed by atoms with van der Waals surface area (Å²) in [6, 6.07) is 6.09. The lowest BCUT2D eigenvalue weighted by atomic mass is 10.2. The quantitative estimate of drug-likeness (QED) is 0.797. The maximum Gasteiger partial charge on any atom is 0.234 e. The zero-order valence-corrected chi connectivity index (χ0v) is 14.4. The number of likely N-dealkylation sites (N-methyl/N-ethyl adjacent to an activating group) is 1. The number of hydrogen-bond donors (Lipinski definition) is 2. The van der Waals surface area contributed by atoms with E-state index in [1.165, 1.54) is 23.5 Å². The third-order valence-electron chi connectivity index (χ3n) is 3.17. The molecule has 0 saturated carbocycles. The van der Waals surface area contributed by atoms with Crippen molar-refractivity contribution in [3.8, 4) is 0 Å². The minimum Gasteiger partial charge on any atom is -0.375 e. The van der Waals surface area contributed by atoms with Crippen LogP contribution in [0, 0.1) is 5.82 Å². The second kappa shape index (κ2) is 9.44. The van der Waals surface area contributed by atoms with E-state index in [9.17, 15) is 9.18 Å². The summed E-state index contributed by atoms with van der Waals surface area (Å²) in [6.07, 6.45) is 1.74. The molecule has 8 heteroatoms. The van der Waals surface area contributed by atoms with E-state index in [0.717, 1.165) is 17.0 Å². The van der Waals surface area contributed by atoms with E-state index in [1.807, 2.05) is 11.8 Å². The SMILES string of the molecule is CCN(CC(=O)NCc1ccc(F)cc1)Cc1cnc(N)s1.Cl. The Hall–Kier alpha value is -1.70. The predicted molar refractivity (Wildman–Crippen MR) is 93.0 cm³/mol. The molecule has 0 bridgehead atoms. The fraction of sp³-hybridized carbons (Fsp3) is 0.333. The van der Waals surface area contributed by atoms with Crippen LogP contribution in [0.15, 0.2) is 30.5 Å². The summed E-state index contributed by atoms with van der Waals surface area (Å²) in [5.41, 5.74) is 6.47. The first kappa shape index (κ1) is 19.3. The Labute approximate surface area is 145 Å². The first-order chi connectivity index (χ1) is 10.6. The van der Waals surface area contributed by atoms with E-state index in [0.29, 0.717) is 24.8 Å². The van der Waals surface area contributed by atoms with Gasteiger partial charge >= 0.3 is 0 Å². The van der Waals surface area contributed by atoms with E-state index >= 15 is 0 Å². The molecule has 0 aliphatic rings. The average Bonchev–Trinajstić information content (AvgIpc) is 2.91. The summed E-state index contributed by atoms with van der Waals surface area (Å²) < 4.78 is 12.8. The van der Waals surface area contributed by atoms with Crippen molar-refractivity contribution in [2.24, 2.45) is 0 Å². The van der Waals surface area contributed by atoms with E-state index in [-0.39, 0.29) is 24.1 Å². The van der Waals surface area contributed by atoms with Crippen molar-refractivity contribution in [2.45, 2.75) is 20.0 Å². The first-order valence-electron chi connectivity index (χ1n) is 7.00. The topological polar surface area (TPSA) is 71.2 Å². The Bertz CT molecular complexity index is 620. The number of anilines is 1. The van der Waals surface area contributed by atoms with Gasteiger partial charge in [0.25, 0.3) is 0 Å². The van der Waals surface area contributed by atoms with Gasteiger partial charge in [0.15, 0.2) is 5.13 Å². The van der Waals surface area contributed by atoms with Crippen molar-refractivity contribution in [3.05, 3.63) is 46.7 Å². The minimum atomic E-state index is -0.281. The average molecular weight is 359 g/mol. The Morgan fingerprint density at radius 2 is 2.09 bits per heavy atom. The molecule has 0 radical (unpaired) electrons. The lowest BCUT2D eigenvalue weighted by Crippen LogP contribution is -2.36. The maximum atomic E-state index is 12.8. The zero-order chi connectivity index (χ0) is 15.9. The highest BCUT2D eigenvalue weighted by Crippen LogP contribution is 2.16. The van der Waals surface area contributed by atoms with Gasteiger partial charge in [0.2, 0.25) is 5.91 Å². The molecule has 0 fully saturated rings. The van der Waals surface area contributed by atoms with E-state index in [2.05, 4.69) is 10.3 Å². The van der Waals surface area contributed by atoms with E-state index < -0.39 is 0 Å². The molecule has 2 rings (SSSR count). The van der Waals surface area contributed by atoms with Gasteiger partial charge in [-0.2, -0.15) is 0 Å². The standard InChI is InChI=1S/C15H19FN4OS.ClH/c1-2-20(9-13-8-19-15(17)22-13)10-14(21)18-7-11-3-5-12(16)6-4-11;/h3-6,8H,2,7,9-10H2,1H3,(H2,17,19)(H,18,21);1H. The molecule has 0 unspecified atom stereocenters. The van der Waals surface area contributed by atoms with Gasteiger partial charge in [-0.3, -0.25) is 9.69 Å². The van der Waals surface area contributed by atoms with Crippen LogP contribution in [0.4, 0.5) is 9.52 Å². The molecule has 0 spiro atoms. The number of rotatable bonds is 7. The summed E-state index contributed by atoms with van der Waals surface area (Å²) in [5, 5.41) is 3.37. The Morgan fingerprint density at radius 3 is 2.65 bits per heavy atom. The Kier molecular flexibility index (Phi) is 7.94. The number of carbonyl (C=O) groups excluding carboxylic acids is 1. The maximum absolute atomic E-state index is 12.8. The molecular weight excluding hydrogens is 339 g/mol. The molecule has 2 aromatic rings. The highest BCUT2D eigenvalue weighted by molar-refractivity contribution is 7.15. The Balaban J connectivity index is 0.00000264. The van der Waals surface area contributed by atoms with Gasteiger partial charge < -0.3 is 11.1 Å². The van der Waals surface area contributed by atoms with Crippen LogP contribution in [0.5, 0.6) is 0 Å². The second-order valence-corrected chi connectivity index (χ2v) is 6.02. The van der Waals surface area contributed by atoms with Crippen LogP contribution in [-0.4, -0.2) is 28.9 Å². The molecule has 23 heavy (non-hydrogen) atoms. The third-order valence-corrected chi connectivity index (χ3v) is 3.98. The molecule has 126 valence electrons. The number of amides is 1. The molecule has 1 aromatic carbocycles. The number of benzene rings is 1. The fourth-order valence-corrected chi connectivity index (χ4v) is 2.68. The van der Waals surface area contributed by atoms with Gasteiger partial charge in [-0.15, -0.1) is 23.7 Å². The number of carbonyl (C=O) groups is 1. The molecule has 1 heterocycles. The third kappa shape index (κ3) is 6.52. The zero-order valence-electron chi connectivity index (χ0n) is 12.8. The van der Waals surface area contributed by atoms with Crippen LogP contribution in [0.25, 0.3) is 0 Å². The van der Waals surface area contributed by atoms with Crippen LogP contribution >= 0.6 is 23.7 Å². The largest absolute Gasteiger partial charge is 0.375 e. The molecule has 1 aromatic heterocycles. The molecule has 0 atom stereocenters. The van der Waals surface area contributed by atoms with Crippen LogP contribution < -0.4 is 11.1 Å².